The standard InChI is InChI=1S/C25H30O4/c1-2-3-4-5-12-17-29-25(28)23-20(18-13-8-6-9-14-18)22(24(26)27)21(23)19-15-10-7-11-16-19/h6-11,13-16,20-23H,2-5,12,17H2,1H3,(H,26,27)/t20-,21-,22?,23?/m0/s1. The fourth-order valence-electron chi connectivity index (χ4n) is 4.50. The van der Waals surface area contributed by atoms with Gasteiger partial charge < -0.3 is 9.84 Å². The molecule has 4 nitrogen and oxygen atoms in total. The van der Waals surface area contributed by atoms with Crippen molar-refractivity contribution in [1.29, 1.82) is 0 Å². The van der Waals surface area contributed by atoms with E-state index in [-0.39, 0.29) is 17.8 Å². The van der Waals surface area contributed by atoms with Gasteiger partial charge in [-0.3, -0.25) is 9.59 Å². The third-order valence-corrected chi connectivity index (χ3v) is 5.97. The molecule has 0 aliphatic heterocycles. The lowest BCUT2D eigenvalue weighted by atomic mass is 9.52. The quantitative estimate of drug-likeness (QED) is 0.433. The lowest BCUT2D eigenvalue weighted by Gasteiger charge is -2.49. The Morgan fingerprint density at radius 1 is 0.793 bits per heavy atom. The number of rotatable bonds is 10. The predicted octanol–water partition coefficient (Wildman–Crippen LogP) is 5.40. The Morgan fingerprint density at radius 3 is 1.79 bits per heavy atom. The Bertz CT molecular complexity index is 739. The minimum atomic E-state index is -0.865. The van der Waals surface area contributed by atoms with E-state index in [2.05, 4.69) is 6.92 Å². The van der Waals surface area contributed by atoms with Gasteiger partial charge >= 0.3 is 11.9 Å². The van der Waals surface area contributed by atoms with E-state index in [4.69, 9.17) is 4.74 Å². The van der Waals surface area contributed by atoms with Crippen LogP contribution in [0.1, 0.15) is 62.0 Å². The van der Waals surface area contributed by atoms with Gasteiger partial charge in [-0.15, -0.1) is 0 Å². The number of benzene rings is 2. The Balaban J connectivity index is 1.78. The van der Waals surface area contributed by atoms with E-state index in [9.17, 15) is 14.7 Å². The number of aliphatic carboxylic acids is 1. The molecule has 0 radical (unpaired) electrons. The summed E-state index contributed by atoms with van der Waals surface area (Å²) in [6.45, 7) is 2.57. The van der Waals surface area contributed by atoms with Crippen LogP contribution in [-0.2, 0) is 14.3 Å². The van der Waals surface area contributed by atoms with Crippen molar-refractivity contribution in [2.45, 2.75) is 50.9 Å². The molecule has 2 aromatic rings. The zero-order valence-corrected chi connectivity index (χ0v) is 17.0. The average molecular weight is 395 g/mol. The molecule has 1 aliphatic carbocycles. The van der Waals surface area contributed by atoms with E-state index >= 15 is 0 Å². The molecule has 4 heteroatoms. The molecule has 0 unspecified atom stereocenters. The maximum Gasteiger partial charge on any atom is 0.310 e. The molecular weight excluding hydrogens is 364 g/mol. The zero-order valence-electron chi connectivity index (χ0n) is 17.0. The van der Waals surface area contributed by atoms with Crippen molar-refractivity contribution < 1.29 is 19.4 Å². The van der Waals surface area contributed by atoms with Crippen molar-refractivity contribution in [3.63, 3.8) is 0 Å². The number of hydrogen-bond donors (Lipinski definition) is 1. The molecule has 2 atom stereocenters. The van der Waals surface area contributed by atoms with Crippen LogP contribution < -0.4 is 0 Å². The lowest BCUT2D eigenvalue weighted by Crippen LogP contribution is -2.51. The third-order valence-electron chi connectivity index (χ3n) is 5.97. The summed E-state index contributed by atoms with van der Waals surface area (Å²) in [5, 5.41) is 9.94. The van der Waals surface area contributed by atoms with Crippen LogP contribution in [0.3, 0.4) is 0 Å². The molecule has 29 heavy (non-hydrogen) atoms. The summed E-state index contributed by atoms with van der Waals surface area (Å²) in [6.07, 6.45) is 5.43. The molecule has 3 rings (SSSR count). The third kappa shape index (κ3) is 4.87. The van der Waals surface area contributed by atoms with Crippen LogP contribution in [0.5, 0.6) is 0 Å². The van der Waals surface area contributed by atoms with Crippen molar-refractivity contribution in [2.75, 3.05) is 6.61 Å². The van der Waals surface area contributed by atoms with Gasteiger partial charge in [0.2, 0.25) is 0 Å². The van der Waals surface area contributed by atoms with Crippen molar-refractivity contribution in [2.24, 2.45) is 11.8 Å². The summed E-state index contributed by atoms with van der Waals surface area (Å²) in [7, 11) is 0. The van der Waals surface area contributed by atoms with Crippen LogP contribution >= 0.6 is 0 Å². The number of ether oxygens (including phenoxy) is 1. The first-order valence-corrected chi connectivity index (χ1v) is 10.6. The first-order valence-electron chi connectivity index (χ1n) is 10.6. The van der Waals surface area contributed by atoms with Crippen molar-refractivity contribution in [3.8, 4) is 0 Å². The normalized spacial score (nSPS) is 23.2. The van der Waals surface area contributed by atoms with Crippen LogP contribution in [0, 0.1) is 11.8 Å². The van der Waals surface area contributed by atoms with Crippen molar-refractivity contribution >= 4 is 11.9 Å². The van der Waals surface area contributed by atoms with E-state index in [1.165, 1.54) is 12.8 Å². The molecule has 2 aromatic carbocycles. The molecule has 154 valence electrons. The SMILES string of the molecule is CCCCCCCOC(=O)C1[C@@H](c2ccccc2)C(C(=O)O)[C@@H]1c1ccccc1. The smallest absolute Gasteiger partial charge is 0.310 e. The van der Waals surface area contributed by atoms with Gasteiger partial charge in [0.15, 0.2) is 0 Å². The van der Waals surface area contributed by atoms with Gasteiger partial charge in [-0.1, -0.05) is 93.3 Å². The van der Waals surface area contributed by atoms with Crippen LogP contribution in [0.4, 0.5) is 0 Å². The lowest BCUT2D eigenvalue weighted by molar-refractivity contribution is -0.164. The molecule has 0 heterocycles. The van der Waals surface area contributed by atoms with Gasteiger partial charge in [0.25, 0.3) is 0 Å². The molecule has 0 saturated heterocycles. The molecule has 0 aromatic heterocycles. The largest absolute Gasteiger partial charge is 0.481 e. The maximum absolute atomic E-state index is 13.0. The summed E-state index contributed by atoms with van der Waals surface area (Å²) >= 11 is 0. The van der Waals surface area contributed by atoms with Crippen molar-refractivity contribution in [1.82, 2.24) is 0 Å². The number of carbonyl (C=O) groups is 2. The Kier molecular flexibility index (Phi) is 7.45. The van der Waals surface area contributed by atoms with E-state index in [0.717, 1.165) is 30.4 Å². The number of unbranched alkanes of at least 4 members (excludes halogenated alkanes) is 4. The predicted molar refractivity (Wildman–Crippen MR) is 113 cm³/mol. The molecule has 1 N–H and O–H groups in total. The summed E-state index contributed by atoms with van der Waals surface area (Å²) in [5.41, 5.74) is 1.77. The van der Waals surface area contributed by atoms with E-state index in [1.807, 2.05) is 60.7 Å². The van der Waals surface area contributed by atoms with E-state index < -0.39 is 17.8 Å². The van der Waals surface area contributed by atoms with Gasteiger partial charge in [0.1, 0.15) is 0 Å². The first-order chi connectivity index (χ1) is 14.1. The second kappa shape index (κ2) is 10.2. The highest BCUT2D eigenvalue weighted by Crippen LogP contribution is 2.58. The van der Waals surface area contributed by atoms with E-state index in [1.54, 1.807) is 0 Å². The van der Waals surface area contributed by atoms with Gasteiger partial charge in [-0.25, -0.2) is 0 Å². The molecular formula is C25H30O4. The molecule has 0 spiro atoms. The minimum Gasteiger partial charge on any atom is -0.481 e. The van der Waals surface area contributed by atoms with Gasteiger partial charge in [0, 0.05) is 11.8 Å². The van der Waals surface area contributed by atoms with Crippen LogP contribution in [0.2, 0.25) is 0 Å². The maximum atomic E-state index is 13.0. The highest BCUT2D eigenvalue weighted by molar-refractivity contribution is 5.84. The molecule has 0 amide bonds. The van der Waals surface area contributed by atoms with Gasteiger partial charge in [-0.2, -0.15) is 0 Å². The number of carboxylic acid groups (broad SMARTS) is 1. The van der Waals surface area contributed by atoms with Crippen LogP contribution in [-0.4, -0.2) is 23.7 Å². The Labute approximate surface area is 172 Å². The fraction of sp³-hybridized carbons (Fsp3) is 0.440. The summed E-state index contributed by atoms with van der Waals surface area (Å²) in [4.78, 5) is 25.2. The highest BCUT2D eigenvalue weighted by Gasteiger charge is 2.59. The monoisotopic (exact) mass is 394 g/mol. The number of carboxylic acids is 1. The number of hydrogen-bond acceptors (Lipinski definition) is 3. The second-order valence-electron chi connectivity index (χ2n) is 7.84. The van der Waals surface area contributed by atoms with Crippen molar-refractivity contribution in [3.05, 3.63) is 71.8 Å². The highest BCUT2D eigenvalue weighted by atomic mass is 16.5. The number of esters is 1. The van der Waals surface area contributed by atoms with E-state index in [0.29, 0.717) is 6.61 Å². The fourth-order valence-corrected chi connectivity index (χ4v) is 4.50. The topological polar surface area (TPSA) is 63.6 Å². The Hall–Kier alpha value is -2.62. The minimum absolute atomic E-state index is 0.277. The zero-order chi connectivity index (χ0) is 20.6. The first kappa shape index (κ1) is 21.1. The van der Waals surface area contributed by atoms with Gasteiger partial charge in [-0.05, 0) is 17.5 Å². The second-order valence-corrected chi connectivity index (χ2v) is 7.84. The molecule has 0 bridgehead atoms. The number of carbonyl (C=O) groups excluding carboxylic acids is 1. The molecule has 1 aliphatic rings. The average Bonchev–Trinajstić information content (AvgIpc) is 2.71. The van der Waals surface area contributed by atoms with Gasteiger partial charge in [0.05, 0.1) is 18.4 Å². The van der Waals surface area contributed by atoms with Crippen LogP contribution in [0.15, 0.2) is 60.7 Å². The van der Waals surface area contributed by atoms with Crippen LogP contribution in [0.25, 0.3) is 0 Å². The summed E-state index contributed by atoms with van der Waals surface area (Å²) in [5.74, 6) is -2.99. The summed E-state index contributed by atoms with van der Waals surface area (Å²) < 4.78 is 5.63. The molecule has 1 saturated carbocycles. The summed E-state index contributed by atoms with van der Waals surface area (Å²) in [6, 6.07) is 19.0. The Morgan fingerprint density at radius 2 is 1.31 bits per heavy atom. The molecule has 1 fully saturated rings.